The van der Waals surface area contributed by atoms with Gasteiger partial charge in [0, 0.05) is 74.2 Å². The molecule has 2 N–H and O–H groups in total. The SMILES string of the molecule is Cc1ccc(C(=O)Nc2ccc(CN3CCN(C4CC5CCC54)CC3)c(C(F)(F)F)c2)cc1Oc1nc(-c2cccnc2)nc2cc[nH]c12. The molecule has 4 heterocycles. The highest BCUT2D eigenvalue weighted by Crippen LogP contribution is 2.52. The van der Waals surface area contributed by atoms with Crippen molar-refractivity contribution < 1.29 is 22.7 Å². The van der Waals surface area contributed by atoms with Gasteiger partial charge in [0.15, 0.2) is 5.82 Å². The molecule has 2 aliphatic carbocycles. The van der Waals surface area contributed by atoms with Gasteiger partial charge in [0.2, 0.25) is 5.88 Å². The van der Waals surface area contributed by atoms with E-state index in [2.05, 4.69) is 35.1 Å². The van der Waals surface area contributed by atoms with Crippen LogP contribution in [-0.4, -0.2) is 67.9 Å². The highest BCUT2D eigenvalue weighted by atomic mass is 19.4. The summed E-state index contributed by atoms with van der Waals surface area (Å²) in [5.41, 5.74) is 2.43. The molecule has 3 aromatic heterocycles. The number of halogens is 3. The number of aryl methyl sites for hydroxylation is 1. The minimum Gasteiger partial charge on any atom is -0.437 e. The number of nitrogens with zero attached hydrogens (tertiary/aromatic N) is 5. The number of carbonyl (C=O) groups excluding carboxylic acids is 1. The van der Waals surface area contributed by atoms with Crippen molar-refractivity contribution in [2.45, 2.75) is 44.9 Å². The fourth-order valence-electron chi connectivity index (χ4n) is 7.43. The molecule has 3 aliphatic rings. The first-order chi connectivity index (χ1) is 23.7. The van der Waals surface area contributed by atoms with Crippen LogP contribution < -0.4 is 10.1 Å². The molecule has 0 spiro atoms. The van der Waals surface area contributed by atoms with Crippen molar-refractivity contribution in [1.29, 1.82) is 0 Å². The summed E-state index contributed by atoms with van der Waals surface area (Å²) >= 11 is 0. The predicted octanol–water partition coefficient (Wildman–Crippen LogP) is 7.31. The lowest BCUT2D eigenvalue weighted by atomic mass is 9.56. The fourth-order valence-corrected chi connectivity index (χ4v) is 7.43. The molecule has 3 atom stereocenters. The summed E-state index contributed by atoms with van der Waals surface area (Å²) in [6.07, 6.45) is 4.44. The third kappa shape index (κ3) is 6.26. The number of aromatic nitrogens is 4. The molecule has 3 fully saturated rings. The van der Waals surface area contributed by atoms with Crippen LogP contribution in [-0.2, 0) is 12.7 Å². The van der Waals surface area contributed by atoms with Gasteiger partial charge in [0.25, 0.3) is 5.91 Å². The number of pyridine rings is 1. The van der Waals surface area contributed by atoms with Crippen LogP contribution >= 0.6 is 0 Å². The van der Waals surface area contributed by atoms with E-state index in [1.54, 1.807) is 48.9 Å². The van der Waals surface area contributed by atoms with E-state index < -0.39 is 17.6 Å². The number of hydrogen-bond donors (Lipinski definition) is 2. The predicted molar refractivity (Wildman–Crippen MR) is 179 cm³/mol. The Morgan fingerprint density at radius 2 is 1.90 bits per heavy atom. The maximum atomic E-state index is 14.3. The molecule has 3 unspecified atom stereocenters. The number of alkyl halides is 3. The molecule has 0 bridgehead atoms. The van der Waals surface area contributed by atoms with Crippen LogP contribution in [0.3, 0.4) is 0 Å². The van der Waals surface area contributed by atoms with Crippen LogP contribution in [0.15, 0.2) is 73.2 Å². The van der Waals surface area contributed by atoms with Crippen molar-refractivity contribution >= 4 is 22.6 Å². The van der Waals surface area contributed by atoms with Gasteiger partial charge < -0.3 is 15.0 Å². The lowest BCUT2D eigenvalue weighted by molar-refractivity contribution is -0.138. The van der Waals surface area contributed by atoms with E-state index in [0.29, 0.717) is 34.2 Å². The first-order valence-electron chi connectivity index (χ1n) is 16.7. The van der Waals surface area contributed by atoms with E-state index in [1.807, 2.05) is 13.0 Å². The number of H-pyrrole nitrogens is 1. The quantitative estimate of drug-likeness (QED) is 0.179. The molecule has 2 saturated carbocycles. The van der Waals surface area contributed by atoms with Gasteiger partial charge in [-0.15, -0.1) is 0 Å². The van der Waals surface area contributed by atoms with E-state index in [4.69, 9.17) is 4.74 Å². The maximum Gasteiger partial charge on any atom is 0.416 e. The molecule has 49 heavy (non-hydrogen) atoms. The number of piperazine rings is 1. The Kier molecular flexibility index (Phi) is 8.07. The summed E-state index contributed by atoms with van der Waals surface area (Å²) in [4.78, 5) is 34.5. The molecule has 9 nitrogen and oxygen atoms in total. The van der Waals surface area contributed by atoms with Crippen molar-refractivity contribution in [3.05, 3.63) is 95.4 Å². The Balaban J connectivity index is 0.973. The fraction of sp³-hybridized carbons (Fsp3) is 0.351. The number of rotatable bonds is 8. The van der Waals surface area contributed by atoms with Gasteiger partial charge in [-0.3, -0.25) is 19.6 Å². The zero-order chi connectivity index (χ0) is 33.7. The second-order valence-corrected chi connectivity index (χ2v) is 13.4. The number of anilines is 1. The van der Waals surface area contributed by atoms with Gasteiger partial charge in [-0.25, -0.2) is 4.98 Å². The first kappa shape index (κ1) is 31.5. The number of hydrogen-bond acceptors (Lipinski definition) is 7. The number of fused-ring (bicyclic) bond motifs is 2. The summed E-state index contributed by atoms with van der Waals surface area (Å²) in [6, 6.07) is 15.0. The van der Waals surface area contributed by atoms with Crippen molar-refractivity contribution in [3.63, 3.8) is 0 Å². The normalized spacial score (nSPS) is 21.1. The van der Waals surface area contributed by atoms with Gasteiger partial charge in [-0.1, -0.05) is 12.1 Å². The Morgan fingerprint density at radius 3 is 2.61 bits per heavy atom. The van der Waals surface area contributed by atoms with Crippen molar-refractivity contribution in [3.8, 4) is 23.0 Å². The lowest BCUT2D eigenvalue weighted by Crippen LogP contribution is -2.61. The summed E-state index contributed by atoms with van der Waals surface area (Å²) in [6.45, 7) is 5.32. The van der Waals surface area contributed by atoms with Crippen LogP contribution in [0.25, 0.3) is 22.4 Å². The maximum absolute atomic E-state index is 14.3. The standard InChI is InChI=1S/C37H36F3N7O2/c1-22-4-5-24(18-32(22)49-36-33-30(10-12-42-33)44-34(45-36)25-3-2-11-41-20-25)35(48)43-27-8-6-26(29(19-27)37(38,39)40)21-46-13-15-47(16-14-46)31-17-23-7-9-28(23)31/h2-6,8,10-12,18-20,23,28,31,42H,7,9,13-17,21H2,1H3,(H,43,48). The summed E-state index contributed by atoms with van der Waals surface area (Å²) < 4.78 is 49.2. The van der Waals surface area contributed by atoms with Crippen LogP contribution in [0.5, 0.6) is 11.6 Å². The average Bonchev–Trinajstić information content (AvgIpc) is 3.57. The Bertz CT molecular complexity index is 2010. The van der Waals surface area contributed by atoms with Crippen molar-refractivity contribution in [1.82, 2.24) is 29.7 Å². The van der Waals surface area contributed by atoms with Crippen LogP contribution in [0.2, 0.25) is 0 Å². The molecule has 5 aromatic rings. The Labute approximate surface area is 281 Å². The topological polar surface area (TPSA) is 99.3 Å². The number of benzene rings is 2. The van der Waals surface area contributed by atoms with Gasteiger partial charge in [0.1, 0.15) is 11.3 Å². The Morgan fingerprint density at radius 1 is 1.04 bits per heavy atom. The van der Waals surface area contributed by atoms with Gasteiger partial charge in [-0.2, -0.15) is 18.2 Å². The molecular formula is C37H36F3N7O2. The molecule has 1 amide bonds. The minimum absolute atomic E-state index is 0.0685. The van der Waals surface area contributed by atoms with E-state index in [-0.39, 0.29) is 29.2 Å². The van der Waals surface area contributed by atoms with Crippen molar-refractivity contribution in [2.75, 3.05) is 31.5 Å². The number of carbonyl (C=O) groups is 1. The largest absolute Gasteiger partial charge is 0.437 e. The molecule has 252 valence electrons. The molecule has 1 aliphatic heterocycles. The molecule has 12 heteroatoms. The smallest absolute Gasteiger partial charge is 0.416 e. The van der Waals surface area contributed by atoms with Gasteiger partial charge in [-0.05, 0) is 91.6 Å². The third-order valence-electron chi connectivity index (χ3n) is 10.4. The molecule has 8 rings (SSSR count). The third-order valence-corrected chi connectivity index (χ3v) is 10.4. The van der Waals surface area contributed by atoms with E-state index in [0.717, 1.165) is 49.6 Å². The number of amides is 1. The number of nitrogens with one attached hydrogen (secondary N) is 2. The molecular weight excluding hydrogens is 631 g/mol. The second kappa shape index (κ2) is 12.6. The first-order valence-corrected chi connectivity index (χ1v) is 16.7. The monoisotopic (exact) mass is 667 g/mol. The summed E-state index contributed by atoms with van der Waals surface area (Å²) in [5.74, 6) is 2.24. The number of ether oxygens (including phenoxy) is 1. The van der Waals surface area contributed by atoms with Gasteiger partial charge in [0.05, 0.1) is 11.1 Å². The number of aromatic amines is 1. The summed E-state index contributed by atoms with van der Waals surface area (Å²) in [5, 5.41) is 2.66. The summed E-state index contributed by atoms with van der Waals surface area (Å²) in [7, 11) is 0. The lowest BCUT2D eigenvalue weighted by Gasteiger charge is -2.58. The van der Waals surface area contributed by atoms with E-state index in [1.165, 1.54) is 31.4 Å². The van der Waals surface area contributed by atoms with E-state index in [9.17, 15) is 18.0 Å². The van der Waals surface area contributed by atoms with Crippen LogP contribution in [0.1, 0.15) is 46.3 Å². The zero-order valence-electron chi connectivity index (χ0n) is 27.0. The van der Waals surface area contributed by atoms with Crippen LogP contribution in [0.4, 0.5) is 18.9 Å². The van der Waals surface area contributed by atoms with Gasteiger partial charge >= 0.3 is 6.18 Å². The average molecular weight is 668 g/mol. The Hall–Kier alpha value is -4.81. The second-order valence-electron chi connectivity index (χ2n) is 13.4. The molecule has 1 saturated heterocycles. The minimum atomic E-state index is -4.57. The highest BCUT2D eigenvalue weighted by Gasteiger charge is 2.49. The molecule has 2 aromatic carbocycles. The van der Waals surface area contributed by atoms with Crippen molar-refractivity contribution in [2.24, 2.45) is 11.8 Å². The molecule has 0 radical (unpaired) electrons. The van der Waals surface area contributed by atoms with E-state index >= 15 is 0 Å². The van der Waals surface area contributed by atoms with Crippen LogP contribution in [0, 0.1) is 18.8 Å². The highest BCUT2D eigenvalue weighted by molar-refractivity contribution is 6.04. The zero-order valence-corrected chi connectivity index (χ0v) is 27.0.